The fraction of sp³-hybridized carbons (Fsp3) is 0.0870. The first-order valence-corrected chi connectivity index (χ1v) is 10.3. The second-order valence-electron chi connectivity index (χ2n) is 6.77. The number of hydrogen-bond acceptors (Lipinski definition) is 2. The van der Waals surface area contributed by atoms with E-state index in [-0.39, 0.29) is 0 Å². The van der Waals surface area contributed by atoms with Gasteiger partial charge in [0.05, 0.1) is 21.6 Å². The van der Waals surface area contributed by atoms with Crippen LogP contribution in [0.1, 0.15) is 10.4 Å². The van der Waals surface area contributed by atoms with Crippen molar-refractivity contribution in [3.63, 3.8) is 0 Å². The molecular weight excluding hydrogens is 386 g/mol. The Bertz CT molecular complexity index is 1340. The normalized spacial score (nSPS) is 12.3. The molecule has 0 amide bonds. The molecule has 28 heavy (non-hydrogen) atoms. The van der Waals surface area contributed by atoms with E-state index in [1.807, 2.05) is 42.5 Å². The number of rotatable bonds is 3. The molecule has 0 aliphatic rings. The van der Waals surface area contributed by atoms with Gasteiger partial charge in [0.15, 0.2) is 4.80 Å². The van der Waals surface area contributed by atoms with E-state index in [9.17, 15) is 0 Å². The predicted molar refractivity (Wildman–Crippen MR) is 118 cm³/mol. The van der Waals surface area contributed by atoms with E-state index in [1.165, 1.54) is 27.1 Å². The fourth-order valence-corrected chi connectivity index (χ4v) is 4.94. The summed E-state index contributed by atoms with van der Waals surface area (Å²) in [6.07, 6.45) is 0.847. The van der Waals surface area contributed by atoms with Crippen molar-refractivity contribution >= 4 is 45.3 Å². The van der Waals surface area contributed by atoms with Crippen molar-refractivity contribution in [1.82, 2.24) is 8.97 Å². The molecule has 2 aromatic heterocycles. The Labute approximate surface area is 171 Å². The topological polar surface area (TPSA) is 21.7 Å². The van der Waals surface area contributed by atoms with Crippen LogP contribution in [0.4, 0.5) is 5.69 Å². The Balaban J connectivity index is 1.79. The molecule has 0 saturated heterocycles. The molecule has 0 bridgehead atoms. The van der Waals surface area contributed by atoms with E-state index in [2.05, 4.69) is 52.4 Å². The predicted octanol–water partition coefficient (Wildman–Crippen LogP) is 5.97. The Morgan fingerprint density at radius 3 is 2.29 bits per heavy atom. The molecule has 5 heteroatoms. The first-order chi connectivity index (χ1) is 13.7. The van der Waals surface area contributed by atoms with E-state index >= 15 is 0 Å². The molecule has 5 rings (SSSR count). The largest absolute Gasteiger partial charge is 0.328 e. The molecule has 5 aromatic rings. The summed E-state index contributed by atoms with van der Waals surface area (Å²) in [5.41, 5.74) is 5.77. The van der Waals surface area contributed by atoms with Gasteiger partial charge in [-0.25, -0.2) is 4.99 Å². The van der Waals surface area contributed by atoms with Gasteiger partial charge in [-0.3, -0.25) is 4.40 Å². The number of fused-ring (bicyclic) bond motifs is 3. The van der Waals surface area contributed by atoms with E-state index in [4.69, 9.17) is 16.6 Å². The van der Waals surface area contributed by atoms with Crippen LogP contribution >= 0.6 is 22.9 Å². The Kier molecular flexibility index (Phi) is 4.30. The van der Waals surface area contributed by atoms with E-state index in [1.54, 1.807) is 11.3 Å². The molecule has 0 saturated carbocycles. The van der Waals surface area contributed by atoms with E-state index in [0.717, 1.165) is 21.9 Å². The van der Waals surface area contributed by atoms with Crippen LogP contribution in [-0.2, 0) is 13.5 Å². The highest BCUT2D eigenvalue weighted by Gasteiger charge is 2.16. The summed E-state index contributed by atoms with van der Waals surface area (Å²) in [5, 5.41) is 0.763. The SMILES string of the molecule is Cn1c2ccccc2n2c(=Nc3ccccc3)sc(Cc3ccc(Cl)cc3)c12. The monoisotopic (exact) mass is 403 g/mol. The summed E-state index contributed by atoms with van der Waals surface area (Å²) in [7, 11) is 2.13. The van der Waals surface area contributed by atoms with E-state index < -0.39 is 0 Å². The van der Waals surface area contributed by atoms with Crippen LogP contribution in [0.3, 0.4) is 0 Å². The first-order valence-electron chi connectivity index (χ1n) is 9.13. The number of aryl methyl sites for hydroxylation is 1. The van der Waals surface area contributed by atoms with Crippen molar-refractivity contribution in [3.8, 4) is 0 Å². The van der Waals surface area contributed by atoms with Crippen LogP contribution in [0.25, 0.3) is 16.7 Å². The molecule has 0 aliphatic heterocycles. The minimum atomic E-state index is 0.763. The van der Waals surface area contributed by atoms with Gasteiger partial charge in [0.2, 0.25) is 0 Å². The summed E-state index contributed by atoms with van der Waals surface area (Å²) in [6, 6.07) is 26.7. The number of para-hydroxylation sites is 3. The zero-order valence-corrected chi connectivity index (χ0v) is 16.9. The highest BCUT2D eigenvalue weighted by Crippen LogP contribution is 2.26. The second-order valence-corrected chi connectivity index (χ2v) is 8.26. The molecule has 0 spiro atoms. The Hall–Kier alpha value is -2.82. The van der Waals surface area contributed by atoms with Crippen LogP contribution < -0.4 is 4.80 Å². The molecule has 0 atom stereocenters. The van der Waals surface area contributed by atoms with Gasteiger partial charge in [-0.15, -0.1) is 0 Å². The number of aromatic nitrogens is 2. The maximum atomic E-state index is 6.06. The Morgan fingerprint density at radius 1 is 0.857 bits per heavy atom. The summed E-state index contributed by atoms with van der Waals surface area (Å²) < 4.78 is 4.54. The number of hydrogen-bond donors (Lipinski definition) is 0. The van der Waals surface area contributed by atoms with E-state index in [0.29, 0.717) is 0 Å². The third kappa shape index (κ3) is 2.95. The molecule has 3 nitrogen and oxygen atoms in total. The van der Waals surface area contributed by atoms with Crippen molar-refractivity contribution in [2.45, 2.75) is 6.42 Å². The summed E-state index contributed by atoms with van der Waals surface area (Å²) in [6.45, 7) is 0. The number of nitrogens with zero attached hydrogens (tertiary/aromatic N) is 3. The third-order valence-electron chi connectivity index (χ3n) is 4.93. The van der Waals surface area contributed by atoms with Gasteiger partial charge in [0, 0.05) is 18.5 Å². The fourth-order valence-electron chi connectivity index (χ4n) is 3.61. The van der Waals surface area contributed by atoms with Gasteiger partial charge in [0.1, 0.15) is 5.65 Å². The highest BCUT2D eigenvalue weighted by atomic mass is 35.5. The molecule has 0 N–H and O–H groups in total. The lowest BCUT2D eigenvalue weighted by Crippen LogP contribution is -2.04. The number of imidazole rings is 1. The van der Waals surface area contributed by atoms with Gasteiger partial charge in [-0.1, -0.05) is 65.4 Å². The summed E-state index contributed by atoms with van der Waals surface area (Å²) in [5.74, 6) is 0. The van der Waals surface area contributed by atoms with Crippen LogP contribution in [0.15, 0.2) is 83.9 Å². The standard InChI is InChI=1S/C23H18ClN3S/c1-26-19-9-5-6-10-20(19)27-22(26)21(15-16-11-13-17(24)14-12-16)28-23(27)25-18-7-3-2-4-8-18/h2-14H,15H2,1H3. The molecule has 138 valence electrons. The lowest BCUT2D eigenvalue weighted by Gasteiger charge is -2.01. The number of thiazole rings is 1. The van der Waals surface area contributed by atoms with Crippen molar-refractivity contribution in [2.24, 2.45) is 12.0 Å². The maximum absolute atomic E-state index is 6.06. The van der Waals surface area contributed by atoms with Crippen LogP contribution in [0.2, 0.25) is 5.02 Å². The molecule has 0 aliphatic carbocycles. The second kappa shape index (κ2) is 6.97. The molecule has 0 unspecified atom stereocenters. The molecular formula is C23H18ClN3S. The lowest BCUT2D eigenvalue weighted by molar-refractivity contribution is 0.973. The minimum absolute atomic E-state index is 0.763. The zero-order valence-electron chi connectivity index (χ0n) is 15.3. The van der Waals surface area contributed by atoms with Crippen molar-refractivity contribution in [1.29, 1.82) is 0 Å². The Morgan fingerprint density at radius 2 is 1.54 bits per heavy atom. The summed E-state index contributed by atoms with van der Waals surface area (Å²) in [4.78, 5) is 7.23. The van der Waals surface area contributed by atoms with Crippen molar-refractivity contribution < 1.29 is 0 Å². The highest BCUT2D eigenvalue weighted by molar-refractivity contribution is 7.10. The molecule has 0 radical (unpaired) electrons. The van der Waals surface area contributed by atoms with Gasteiger partial charge in [-0.05, 0) is 42.0 Å². The van der Waals surface area contributed by atoms with Crippen LogP contribution in [-0.4, -0.2) is 8.97 Å². The average molecular weight is 404 g/mol. The van der Waals surface area contributed by atoms with Crippen molar-refractivity contribution in [3.05, 3.63) is 99.1 Å². The zero-order chi connectivity index (χ0) is 19.1. The number of benzene rings is 3. The van der Waals surface area contributed by atoms with Gasteiger partial charge >= 0.3 is 0 Å². The van der Waals surface area contributed by atoms with Crippen LogP contribution in [0.5, 0.6) is 0 Å². The van der Waals surface area contributed by atoms with Crippen molar-refractivity contribution in [2.75, 3.05) is 0 Å². The van der Waals surface area contributed by atoms with Gasteiger partial charge < -0.3 is 4.57 Å². The maximum Gasteiger partial charge on any atom is 0.196 e. The summed E-state index contributed by atoms with van der Waals surface area (Å²) >= 11 is 7.81. The molecule has 2 heterocycles. The quantitative estimate of drug-likeness (QED) is 0.354. The molecule has 0 fully saturated rings. The van der Waals surface area contributed by atoms with Gasteiger partial charge in [-0.2, -0.15) is 0 Å². The number of halogens is 1. The smallest absolute Gasteiger partial charge is 0.196 e. The third-order valence-corrected chi connectivity index (χ3v) is 6.21. The molecule has 3 aromatic carbocycles. The first kappa shape index (κ1) is 17.3. The van der Waals surface area contributed by atoms with Crippen LogP contribution in [0, 0.1) is 0 Å². The van der Waals surface area contributed by atoms with Gasteiger partial charge in [0.25, 0.3) is 0 Å². The average Bonchev–Trinajstić information content (AvgIpc) is 3.22. The minimum Gasteiger partial charge on any atom is -0.328 e. The lowest BCUT2D eigenvalue weighted by atomic mass is 10.1.